The zero-order valence-corrected chi connectivity index (χ0v) is 19.4. The van der Waals surface area contributed by atoms with Gasteiger partial charge in [0, 0.05) is 23.2 Å². The molecule has 0 bridgehead atoms. The Morgan fingerprint density at radius 1 is 0.941 bits per heavy atom. The molecular formula is C28H27N3O3. The largest absolute Gasteiger partial charge is 0.494 e. The summed E-state index contributed by atoms with van der Waals surface area (Å²) in [6.07, 6.45) is 1.95. The molecule has 0 radical (unpaired) electrons. The Bertz CT molecular complexity index is 1260. The van der Waals surface area contributed by atoms with Crippen molar-refractivity contribution in [2.45, 2.75) is 32.7 Å². The fourth-order valence-electron chi connectivity index (χ4n) is 4.38. The van der Waals surface area contributed by atoms with Crippen LogP contribution in [0.15, 0.2) is 77.2 Å². The smallest absolute Gasteiger partial charge is 0.254 e. The Hall–Kier alpha value is -3.93. The molecule has 0 saturated carbocycles. The van der Waals surface area contributed by atoms with Gasteiger partial charge in [0.25, 0.3) is 5.91 Å². The highest BCUT2D eigenvalue weighted by Gasteiger charge is 2.30. The van der Waals surface area contributed by atoms with E-state index in [-0.39, 0.29) is 11.9 Å². The first-order valence-corrected chi connectivity index (χ1v) is 11.7. The lowest BCUT2D eigenvalue weighted by molar-refractivity contribution is 0.0735. The lowest BCUT2D eigenvalue weighted by Gasteiger charge is -2.25. The molecule has 5 rings (SSSR count). The van der Waals surface area contributed by atoms with Crippen LogP contribution in [-0.4, -0.2) is 34.2 Å². The Kier molecular flexibility index (Phi) is 6.12. The van der Waals surface area contributed by atoms with Crippen LogP contribution in [0, 0.1) is 6.92 Å². The molecule has 6 nitrogen and oxygen atoms in total. The minimum absolute atomic E-state index is 0.0359. The number of benzene rings is 3. The summed E-state index contributed by atoms with van der Waals surface area (Å²) in [6.45, 7) is 5.40. The molecule has 1 atom stereocenters. The van der Waals surface area contributed by atoms with Crippen molar-refractivity contribution >= 4 is 5.91 Å². The Morgan fingerprint density at radius 2 is 1.56 bits per heavy atom. The Morgan fingerprint density at radius 3 is 2.18 bits per heavy atom. The van der Waals surface area contributed by atoms with Crippen molar-refractivity contribution in [2.75, 3.05) is 13.2 Å². The fraction of sp³-hybridized carbons (Fsp3) is 0.250. The number of nitrogens with zero attached hydrogens (tertiary/aromatic N) is 3. The van der Waals surface area contributed by atoms with Gasteiger partial charge in [-0.05, 0) is 80.8 Å². The van der Waals surface area contributed by atoms with Crippen LogP contribution in [0.25, 0.3) is 22.9 Å². The van der Waals surface area contributed by atoms with E-state index in [0.717, 1.165) is 41.8 Å². The predicted octanol–water partition coefficient (Wildman–Crippen LogP) is 6.09. The van der Waals surface area contributed by atoms with E-state index in [1.165, 1.54) is 5.56 Å². The van der Waals surface area contributed by atoms with Crippen LogP contribution < -0.4 is 4.74 Å². The van der Waals surface area contributed by atoms with Crippen LogP contribution in [0.1, 0.15) is 47.3 Å². The van der Waals surface area contributed by atoms with Crippen LogP contribution in [0.3, 0.4) is 0 Å². The molecule has 1 saturated heterocycles. The average Bonchev–Trinajstić information content (AvgIpc) is 3.56. The third-order valence-corrected chi connectivity index (χ3v) is 6.19. The van der Waals surface area contributed by atoms with Gasteiger partial charge in [-0.2, -0.15) is 0 Å². The minimum Gasteiger partial charge on any atom is -0.494 e. The van der Waals surface area contributed by atoms with Gasteiger partial charge in [-0.1, -0.05) is 29.8 Å². The molecule has 1 aliphatic heterocycles. The first kappa shape index (κ1) is 21.9. The Balaban J connectivity index is 1.31. The molecule has 1 aromatic heterocycles. The summed E-state index contributed by atoms with van der Waals surface area (Å²) in [6, 6.07) is 23.5. The molecule has 2 heterocycles. The molecule has 1 amide bonds. The third kappa shape index (κ3) is 4.44. The number of carbonyl (C=O) groups excluding carboxylic acids is 1. The van der Waals surface area contributed by atoms with E-state index >= 15 is 0 Å². The molecule has 0 spiro atoms. The first-order valence-electron chi connectivity index (χ1n) is 11.7. The maximum absolute atomic E-state index is 13.3. The SMILES string of the molecule is CCOc1ccc(C2CCCN2C(=O)c2ccc(-c3nnc(-c4ccc(C)cc4)o3)cc2)cc1. The molecule has 0 aliphatic carbocycles. The molecule has 6 heteroatoms. The number of carbonyl (C=O) groups is 1. The van der Waals surface area contributed by atoms with E-state index in [1.54, 1.807) is 0 Å². The molecule has 1 fully saturated rings. The van der Waals surface area contributed by atoms with E-state index < -0.39 is 0 Å². The normalized spacial score (nSPS) is 15.5. The van der Waals surface area contributed by atoms with Crippen LogP contribution >= 0.6 is 0 Å². The molecule has 1 unspecified atom stereocenters. The van der Waals surface area contributed by atoms with Crippen LogP contribution in [0.5, 0.6) is 5.75 Å². The second-order valence-corrected chi connectivity index (χ2v) is 8.51. The molecule has 3 aromatic carbocycles. The van der Waals surface area contributed by atoms with Crippen molar-refractivity contribution in [3.63, 3.8) is 0 Å². The summed E-state index contributed by atoms with van der Waals surface area (Å²) >= 11 is 0. The van der Waals surface area contributed by atoms with Crippen LogP contribution in [0.2, 0.25) is 0 Å². The zero-order chi connectivity index (χ0) is 23.5. The summed E-state index contributed by atoms with van der Waals surface area (Å²) in [5.74, 6) is 1.80. The number of hydrogen-bond donors (Lipinski definition) is 0. The third-order valence-electron chi connectivity index (χ3n) is 6.19. The summed E-state index contributed by atoms with van der Waals surface area (Å²) in [7, 11) is 0. The summed E-state index contributed by atoms with van der Waals surface area (Å²) in [5.41, 5.74) is 4.63. The molecule has 34 heavy (non-hydrogen) atoms. The number of ether oxygens (including phenoxy) is 1. The maximum atomic E-state index is 13.3. The van der Waals surface area contributed by atoms with E-state index in [9.17, 15) is 4.79 Å². The highest BCUT2D eigenvalue weighted by atomic mass is 16.5. The number of aryl methyl sites for hydroxylation is 1. The van der Waals surface area contributed by atoms with Gasteiger partial charge in [-0.25, -0.2) is 0 Å². The number of amides is 1. The van der Waals surface area contributed by atoms with Crippen LogP contribution in [0.4, 0.5) is 0 Å². The second kappa shape index (κ2) is 9.51. The fourth-order valence-corrected chi connectivity index (χ4v) is 4.38. The minimum atomic E-state index is 0.0359. The van der Waals surface area contributed by atoms with Gasteiger partial charge >= 0.3 is 0 Å². The van der Waals surface area contributed by atoms with E-state index in [0.29, 0.717) is 24.0 Å². The lowest BCUT2D eigenvalue weighted by atomic mass is 10.0. The summed E-state index contributed by atoms with van der Waals surface area (Å²) in [5, 5.41) is 8.36. The van der Waals surface area contributed by atoms with Crippen molar-refractivity contribution in [3.05, 3.63) is 89.5 Å². The zero-order valence-electron chi connectivity index (χ0n) is 19.4. The quantitative estimate of drug-likeness (QED) is 0.353. The average molecular weight is 454 g/mol. The molecule has 172 valence electrons. The second-order valence-electron chi connectivity index (χ2n) is 8.51. The first-order chi connectivity index (χ1) is 16.6. The van der Waals surface area contributed by atoms with Gasteiger partial charge in [0.1, 0.15) is 5.75 Å². The van der Waals surface area contributed by atoms with Gasteiger partial charge in [0.15, 0.2) is 0 Å². The molecule has 0 N–H and O–H groups in total. The van der Waals surface area contributed by atoms with E-state index in [2.05, 4.69) is 22.3 Å². The number of rotatable bonds is 6. The number of likely N-dealkylation sites (tertiary alicyclic amines) is 1. The van der Waals surface area contributed by atoms with E-state index in [4.69, 9.17) is 9.15 Å². The van der Waals surface area contributed by atoms with Crippen molar-refractivity contribution in [1.29, 1.82) is 0 Å². The van der Waals surface area contributed by atoms with Gasteiger partial charge < -0.3 is 14.1 Å². The molecule has 4 aromatic rings. The van der Waals surface area contributed by atoms with Gasteiger partial charge in [-0.3, -0.25) is 4.79 Å². The summed E-state index contributed by atoms with van der Waals surface area (Å²) in [4.78, 5) is 15.3. The number of hydrogen-bond acceptors (Lipinski definition) is 5. The van der Waals surface area contributed by atoms with E-state index in [1.807, 2.05) is 79.4 Å². The van der Waals surface area contributed by atoms with Crippen molar-refractivity contribution in [3.8, 4) is 28.7 Å². The molecular weight excluding hydrogens is 426 g/mol. The molecule has 1 aliphatic rings. The van der Waals surface area contributed by atoms with Crippen molar-refractivity contribution in [1.82, 2.24) is 15.1 Å². The maximum Gasteiger partial charge on any atom is 0.254 e. The van der Waals surface area contributed by atoms with Gasteiger partial charge in [-0.15, -0.1) is 10.2 Å². The predicted molar refractivity (Wildman–Crippen MR) is 131 cm³/mol. The topological polar surface area (TPSA) is 68.5 Å². The highest BCUT2D eigenvalue weighted by Crippen LogP contribution is 2.34. The monoisotopic (exact) mass is 453 g/mol. The van der Waals surface area contributed by atoms with Gasteiger partial charge in [0.05, 0.1) is 12.6 Å². The van der Waals surface area contributed by atoms with Gasteiger partial charge in [0.2, 0.25) is 11.8 Å². The lowest BCUT2D eigenvalue weighted by Crippen LogP contribution is -2.30. The highest BCUT2D eigenvalue weighted by molar-refractivity contribution is 5.95. The Labute approximate surface area is 199 Å². The number of aromatic nitrogens is 2. The summed E-state index contributed by atoms with van der Waals surface area (Å²) < 4.78 is 11.4. The van der Waals surface area contributed by atoms with Crippen molar-refractivity contribution < 1.29 is 13.9 Å². The van der Waals surface area contributed by atoms with Crippen molar-refractivity contribution in [2.24, 2.45) is 0 Å². The van der Waals surface area contributed by atoms with Crippen LogP contribution in [-0.2, 0) is 0 Å². The standard InChI is InChI=1S/C28H27N3O3/c1-3-33-24-16-14-20(15-17-24)25-5-4-18-31(25)28(32)23-12-10-22(11-13-23)27-30-29-26(34-27)21-8-6-19(2)7-9-21/h6-17,25H,3-5,18H2,1-2H3.